The Kier molecular flexibility index (Phi) is 5.71. The molecule has 4 aromatic rings. The standard InChI is InChI=1S/C21H18Cl2N6O2S/c22-14-5-1-6-15(23)13(14)11-29-19-17(26-27-29)20(30)25-18(24-19)12-4-2-8-28(10-12)21(31)16-7-3-9-32-16/h1,3,5-7,9,12H,2,4,8,10-11H2,(H,24,25,30). The van der Waals surface area contributed by atoms with E-state index < -0.39 is 0 Å². The summed E-state index contributed by atoms with van der Waals surface area (Å²) in [6.45, 7) is 1.41. The molecule has 1 atom stereocenters. The number of benzene rings is 1. The van der Waals surface area contributed by atoms with Gasteiger partial charge >= 0.3 is 0 Å². The zero-order valence-corrected chi connectivity index (χ0v) is 19.1. The molecule has 1 aromatic carbocycles. The van der Waals surface area contributed by atoms with Gasteiger partial charge in [0.1, 0.15) is 5.82 Å². The molecule has 3 aromatic heterocycles. The molecule has 0 radical (unpaired) electrons. The molecule has 8 nitrogen and oxygen atoms in total. The number of carbonyl (C=O) groups excluding carboxylic acids is 1. The van der Waals surface area contributed by atoms with Crippen molar-refractivity contribution in [1.29, 1.82) is 0 Å². The van der Waals surface area contributed by atoms with E-state index in [9.17, 15) is 9.59 Å². The number of rotatable bonds is 4. The van der Waals surface area contributed by atoms with Crippen LogP contribution in [0, 0.1) is 0 Å². The Balaban J connectivity index is 1.46. The van der Waals surface area contributed by atoms with Crippen molar-refractivity contribution in [2.24, 2.45) is 0 Å². The third-order valence-corrected chi connectivity index (χ3v) is 7.15. The van der Waals surface area contributed by atoms with Gasteiger partial charge in [-0.2, -0.15) is 0 Å². The van der Waals surface area contributed by atoms with Crippen molar-refractivity contribution in [2.45, 2.75) is 25.3 Å². The molecule has 1 N–H and O–H groups in total. The number of carbonyl (C=O) groups is 1. The van der Waals surface area contributed by atoms with Gasteiger partial charge < -0.3 is 9.88 Å². The molecule has 1 aliphatic heterocycles. The molecule has 164 valence electrons. The first kappa shape index (κ1) is 21.1. The van der Waals surface area contributed by atoms with E-state index in [1.165, 1.54) is 16.0 Å². The molecule has 1 unspecified atom stereocenters. The van der Waals surface area contributed by atoms with Crippen LogP contribution in [0.2, 0.25) is 10.0 Å². The number of amides is 1. The zero-order chi connectivity index (χ0) is 22.2. The number of nitrogens with zero attached hydrogens (tertiary/aromatic N) is 5. The number of nitrogens with one attached hydrogen (secondary N) is 1. The van der Waals surface area contributed by atoms with Crippen LogP contribution in [0.25, 0.3) is 11.2 Å². The van der Waals surface area contributed by atoms with Gasteiger partial charge in [0.25, 0.3) is 11.5 Å². The number of halogens is 2. The fourth-order valence-electron chi connectivity index (χ4n) is 3.96. The summed E-state index contributed by atoms with van der Waals surface area (Å²) in [6, 6.07) is 8.95. The highest BCUT2D eigenvalue weighted by Gasteiger charge is 2.28. The summed E-state index contributed by atoms with van der Waals surface area (Å²) in [5.41, 5.74) is 0.834. The molecule has 0 aliphatic carbocycles. The minimum absolute atomic E-state index is 0.00759. The van der Waals surface area contributed by atoms with Crippen LogP contribution < -0.4 is 5.56 Å². The first-order chi connectivity index (χ1) is 15.5. The van der Waals surface area contributed by atoms with E-state index in [2.05, 4.69) is 15.3 Å². The maximum Gasteiger partial charge on any atom is 0.281 e. The normalized spacial score (nSPS) is 16.6. The van der Waals surface area contributed by atoms with Crippen molar-refractivity contribution in [3.63, 3.8) is 0 Å². The topological polar surface area (TPSA) is 96.8 Å². The summed E-state index contributed by atoms with van der Waals surface area (Å²) in [5, 5.41) is 11.0. The first-order valence-electron chi connectivity index (χ1n) is 10.1. The van der Waals surface area contributed by atoms with Crippen molar-refractivity contribution >= 4 is 51.6 Å². The number of aromatic nitrogens is 5. The average molecular weight is 489 g/mol. The quantitative estimate of drug-likeness (QED) is 0.468. The van der Waals surface area contributed by atoms with Crippen molar-refractivity contribution in [1.82, 2.24) is 29.9 Å². The van der Waals surface area contributed by atoms with E-state index in [0.717, 1.165) is 12.8 Å². The van der Waals surface area contributed by atoms with Gasteiger partial charge in [-0.1, -0.05) is 40.5 Å². The van der Waals surface area contributed by atoms with Gasteiger partial charge in [-0.15, -0.1) is 16.4 Å². The smallest absolute Gasteiger partial charge is 0.281 e. The molecule has 1 fully saturated rings. The zero-order valence-electron chi connectivity index (χ0n) is 16.8. The maximum atomic E-state index is 12.8. The number of fused-ring (bicyclic) bond motifs is 1. The third kappa shape index (κ3) is 3.92. The van der Waals surface area contributed by atoms with Gasteiger partial charge in [0.2, 0.25) is 0 Å². The lowest BCUT2D eigenvalue weighted by molar-refractivity contribution is 0.0709. The molecule has 0 saturated carbocycles. The summed E-state index contributed by atoms with van der Waals surface area (Å²) in [7, 11) is 0. The number of piperidine rings is 1. The number of aromatic amines is 1. The van der Waals surface area contributed by atoms with Crippen LogP contribution in [0.3, 0.4) is 0 Å². The SMILES string of the molecule is O=C(c1cccs1)N1CCCC(c2nc3c(nnn3Cc3c(Cl)cccc3Cl)c(=O)[nH]2)C1. The van der Waals surface area contributed by atoms with E-state index in [-0.39, 0.29) is 29.4 Å². The van der Waals surface area contributed by atoms with Gasteiger partial charge in [-0.05, 0) is 36.4 Å². The molecule has 1 saturated heterocycles. The van der Waals surface area contributed by atoms with Gasteiger partial charge in [0, 0.05) is 34.6 Å². The molecule has 4 heterocycles. The lowest BCUT2D eigenvalue weighted by Crippen LogP contribution is -2.39. The summed E-state index contributed by atoms with van der Waals surface area (Å²) < 4.78 is 1.53. The first-order valence-corrected chi connectivity index (χ1v) is 11.7. The van der Waals surface area contributed by atoms with E-state index in [4.69, 9.17) is 28.2 Å². The fourth-order valence-corrected chi connectivity index (χ4v) is 5.16. The van der Waals surface area contributed by atoms with E-state index in [1.54, 1.807) is 18.2 Å². The molecule has 11 heteroatoms. The van der Waals surface area contributed by atoms with Crippen LogP contribution in [0.15, 0.2) is 40.5 Å². The molecule has 1 aliphatic rings. The minimum Gasteiger partial charge on any atom is -0.337 e. The van der Waals surface area contributed by atoms with Crippen molar-refractivity contribution in [3.8, 4) is 0 Å². The summed E-state index contributed by atoms with van der Waals surface area (Å²) in [6.07, 6.45) is 1.65. The average Bonchev–Trinajstić information content (AvgIpc) is 3.47. The number of hydrogen-bond acceptors (Lipinski definition) is 6. The summed E-state index contributed by atoms with van der Waals surface area (Å²) in [4.78, 5) is 35.6. The number of hydrogen-bond donors (Lipinski definition) is 1. The Hall–Kier alpha value is -2.75. The molecule has 5 rings (SSSR count). The van der Waals surface area contributed by atoms with E-state index in [0.29, 0.717) is 45.0 Å². The van der Waals surface area contributed by atoms with Crippen LogP contribution in [0.4, 0.5) is 0 Å². The highest BCUT2D eigenvalue weighted by molar-refractivity contribution is 7.12. The lowest BCUT2D eigenvalue weighted by Gasteiger charge is -2.31. The second kappa shape index (κ2) is 8.65. The molecular formula is C21H18Cl2N6O2S. The highest BCUT2D eigenvalue weighted by Crippen LogP contribution is 2.28. The van der Waals surface area contributed by atoms with Crippen LogP contribution in [-0.4, -0.2) is 48.9 Å². The Bertz CT molecular complexity index is 1330. The third-order valence-electron chi connectivity index (χ3n) is 5.59. The van der Waals surface area contributed by atoms with Gasteiger partial charge in [-0.25, -0.2) is 9.67 Å². The lowest BCUT2D eigenvalue weighted by atomic mass is 9.97. The second-order valence-electron chi connectivity index (χ2n) is 7.64. The van der Waals surface area contributed by atoms with Crippen molar-refractivity contribution in [3.05, 3.63) is 72.4 Å². The molecule has 0 spiro atoms. The predicted octanol–water partition coefficient (Wildman–Crippen LogP) is 3.95. The molecular weight excluding hydrogens is 471 g/mol. The van der Waals surface area contributed by atoms with Crippen LogP contribution in [-0.2, 0) is 6.54 Å². The van der Waals surface area contributed by atoms with Crippen LogP contribution in [0.5, 0.6) is 0 Å². The van der Waals surface area contributed by atoms with Gasteiger partial charge in [0.15, 0.2) is 11.2 Å². The molecule has 32 heavy (non-hydrogen) atoms. The predicted molar refractivity (Wildman–Crippen MR) is 124 cm³/mol. The summed E-state index contributed by atoms with van der Waals surface area (Å²) in [5.74, 6) is 0.449. The highest BCUT2D eigenvalue weighted by atomic mass is 35.5. The van der Waals surface area contributed by atoms with Crippen molar-refractivity contribution in [2.75, 3.05) is 13.1 Å². The molecule has 1 amide bonds. The maximum absolute atomic E-state index is 12.8. The number of likely N-dealkylation sites (tertiary alicyclic amines) is 1. The Labute approximate surface area is 196 Å². The van der Waals surface area contributed by atoms with E-state index >= 15 is 0 Å². The fraction of sp³-hybridized carbons (Fsp3) is 0.286. The van der Waals surface area contributed by atoms with E-state index in [1.807, 2.05) is 22.4 Å². The number of thiophene rings is 1. The second-order valence-corrected chi connectivity index (χ2v) is 9.40. The van der Waals surface area contributed by atoms with Crippen molar-refractivity contribution < 1.29 is 4.79 Å². The Morgan fingerprint density at radius 2 is 2.03 bits per heavy atom. The van der Waals surface area contributed by atoms with Crippen LogP contribution in [0.1, 0.15) is 39.8 Å². The largest absolute Gasteiger partial charge is 0.337 e. The van der Waals surface area contributed by atoms with Gasteiger partial charge in [0.05, 0.1) is 11.4 Å². The minimum atomic E-state index is -0.358. The summed E-state index contributed by atoms with van der Waals surface area (Å²) >= 11 is 14.0. The van der Waals surface area contributed by atoms with Crippen LogP contribution >= 0.6 is 34.5 Å². The number of H-pyrrole nitrogens is 1. The molecule has 0 bridgehead atoms. The van der Waals surface area contributed by atoms with Gasteiger partial charge in [-0.3, -0.25) is 9.59 Å². The Morgan fingerprint density at radius 1 is 1.22 bits per heavy atom. The Morgan fingerprint density at radius 3 is 2.78 bits per heavy atom. The monoisotopic (exact) mass is 488 g/mol.